The van der Waals surface area contributed by atoms with Crippen LogP contribution in [0.25, 0.3) is 0 Å². The summed E-state index contributed by atoms with van der Waals surface area (Å²) in [6.45, 7) is 3.84. The number of furan rings is 1. The van der Waals surface area contributed by atoms with Gasteiger partial charge in [0.25, 0.3) is 0 Å². The van der Waals surface area contributed by atoms with Crippen LogP contribution in [0.1, 0.15) is 29.2 Å². The third kappa shape index (κ3) is 4.13. The molecule has 7 heteroatoms. The van der Waals surface area contributed by atoms with Crippen LogP contribution < -0.4 is 9.46 Å². The fourth-order valence-corrected chi connectivity index (χ4v) is 3.45. The van der Waals surface area contributed by atoms with Crippen LogP contribution in [-0.2, 0) is 10.0 Å². The highest BCUT2D eigenvalue weighted by Gasteiger charge is 2.21. The van der Waals surface area contributed by atoms with E-state index in [4.69, 9.17) is 9.15 Å². The van der Waals surface area contributed by atoms with Crippen LogP contribution in [0.5, 0.6) is 5.75 Å². The number of aryl methyl sites for hydroxylation is 2. The van der Waals surface area contributed by atoms with Crippen molar-refractivity contribution in [2.75, 3.05) is 13.7 Å². The van der Waals surface area contributed by atoms with Crippen molar-refractivity contribution in [3.8, 4) is 5.75 Å². The van der Waals surface area contributed by atoms with Crippen LogP contribution >= 0.6 is 0 Å². The minimum absolute atomic E-state index is 0.0981. The van der Waals surface area contributed by atoms with E-state index in [0.717, 1.165) is 11.1 Å². The number of aliphatic hydroxyl groups is 1. The van der Waals surface area contributed by atoms with Crippen LogP contribution in [0, 0.1) is 13.8 Å². The number of methoxy groups -OCH3 is 1. The Morgan fingerprint density at radius 2 is 2.00 bits per heavy atom. The van der Waals surface area contributed by atoms with E-state index in [0.29, 0.717) is 11.3 Å². The monoisotopic (exact) mass is 339 g/mol. The number of hydrogen-bond acceptors (Lipinski definition) is 5. The molecular weight excluding hydrogens is 318 g/mol. The topological polar surface area (TPSA) is 88.8 Å². The van der Waals surface area contributed by atoms with Crippen molar-refractivity contribution in [1.82, 2.24) is 4.72 Å². The molecule has 0 bridgehead atoms. The molecule has 1 atom stereocenters. The molecular formula is C16H21NO5S. The van der Waals surface area contributed by atoms with Gasteiger partial charge in [-0.3, -0.25) is 0 Å². The van der Waals surface area contributed by atoms with Gasteiger partial charge < -0.3 is 14.3 Å². The Hall–Kier alpha value is -1.83. The van der Waals surface area contributed by atoms with Gasteiger partial charge >= 0.3 is 0 Å². The van der Waals surface area contributed by atoms with Crippen molar-refractivity contribution in [2.24, 2.45) is 0 Å². The predicted octanol–water partition coefficient (Wildman–Crippen LogP) is 2.31. The van der Waals surface area contributed by atoms with Gasteiger partial charge in [0.15, 0.2) is 0 Å². The summed E-state index contributed by atoms with van der Waals surface area (Å²) in [4.78, 5) is 0.0981. The second-order valence-electron chi connectivity index (χ2n) is 5.35. The maximum atomic E-state index is 12.5. The van der Waals surface area contributed by atoms with Gasteiger partial charge in [0, 0.05) is 12.1 Å². The van der Waals surface area contributed by atoms with E-state index >= 15 is 0 Å². The summed E-state index contributed by atoms with van der Waals surface area (Å²) in [7, 11) is -2.28. The normalized spacial score (nSPS) is 13.0. The predicted molar refractivity (Wildman–Crippen MR) is 85.9 cm³/mol. The largest absolute Gasteiger partial charge is 0.495 e. The molecule has 0 aliphatic heterocycles. The first-order valence-electron chi connectivity index (χ1n) is 7.20. The number of ether oxygens (including phenoxy) is 1. The smallest absolute Gasteiger partial charge is 0.244 e. The van der Waals surface area contributed by atoms with Gasteiger partial charge in [-0.1, -0.05) is 0 Å². The number of hydrogen-bond donors (Lipinski definition) is 2. The zero-order valence-electron chi connectivity index (χ0n) is 13.4. The summed E-state index contributed by atoms with van der Waals surface area (Å²) in [5.41, 5.74) is 2.44. The number of sulfonamides is 1. The van der Waals surface area contributed by atoms with Gasteiger partial charge in [0.2, 0.25) is 10.0 Å². The maximum Gasteiger partial charge on any atom is 0.244 e. The Morgan fingerprint density at radius 3 is 2.61 bits per heavy atom. The van der Waals surface area contributed by atoms with E-state index in [1.54, 1.807) is 18.2 Å². The fourth-order valence-electron chi connectivity index (χ4n) is 2.17. The Bertz CT molecular complexity index is 753. The summed E-state index contributed by atoms with van der Waals surface area (Å²) in [6, 6.07) is 4.93. The molecule has 0 aliphatic carbocycles. The third-order valence-corrected chi connectivity index (χ3v) is 5.19. The van der Waals surface area contributed by atoms with E-state index in [-0.39, 0.29) is 17.9 Å². The highest BCUT2D eigenvalue weighted by Crippen LogP contribution is 2.27. The Morgan fingerprint density at radius 1 is 1.30 bits per heavy atom. The van der Waals surface area contributed by atoms with Gasteiger partial charge in [0.1, 0.15) is 10.6 Å². The zero-order valence-corrected chi connectivity index (χ0v) is 14.2. The molecule has 1 heterocycles. The average Bonchev–Trinajstić information content (AvgIpc) is 3.03. The molecule has 0 unspecified atom stereocenters. The zero-order chi connectivity index (χ0) is 17.0. The van der Waals surface area contributed by atoms with Gasteiger partial charge in [-0.2, -0.15) is 0 Å². The van der Waals surface area contributed by atoms with Crippen molar-refractivity contribution in [2.45, 2.75) is 31.3 Å². The molecule has 0 spiro atoms. The molecule has 126 valence electrons. The molecule has 0 saturated carbocycles. The van der Waals surface area contributed by atoms with Gasteiger partial charge in [0.05, 0.1) is 25.7 Å². The molecule has 1 aromatic heterocycles. The minimum atomic E-state index is -3.72. The first kappa shape index (κ1) is 17.5. The molecule has 0 radical (unpaired) electrons. The molecule has 23 heavy (non-hydrogen) atoms. The summed E-state index contributed by atoms with van der Waals surface area (Å²) in [6.07, 6.45) is 2.36. The van der Waals surface area contributed by atoms with Crippen LogP contribution in [-0.4, -0.2) is 27.2 Å². The van der Waals surface area contributed by atoms with Crippen LogP contribution in [0.2, 0.25) is 0 Å². The van der Waals surface area contributed by atoms with E-state index in [1.165, 1.54) is 19.6 Å². The van der Waals surface area contributed by atoms with E-state index in [9.17, 15) is 13.5 Å². The molecule has 0 saturated heterocycles. The number of rotatable bonds is 7. The van der Waals surface area contributed by atoms with E-state index in [1.807, 2.05) is 13.8 Å². The summed E-state index contributed by atoms with van der Waals surface area (Å²) in [5.74, 6) is 0.302. The molecule has 0 aliphatic rings. The lowest BCUT2D eigenvalue weighted by Gasteiger charge is -2.14. The molecule has 0 amide bonds. The highest BCUT2D eigenvalue weighted by atomic mass is 32.2. The number of aliphatic hydroxyl groups excluding tert-OH is 1. The second-order valence-corrected chi connectivity index (χ2v) is 7.08. The fraction of sp³-hybridized carbons (Fsp3) is 0.375. The molecule has 6 nitrogen and oxygen atoms in total. The van der Waals surface area contributed by atoms with Crippen molar-refractivity contribution in [3.05, 3.63) is 47.4 Å². The standard InChI is InChI=1S/C16H21NO5S/c1-11-8-15(21-3)16(9-12(11)2)23(19,20)17-6-4-14(18)13-5-7-22-10-13/h5,7-10,14,17-18H,4,6H2,1-3H3/t14-/m0/s1. The van der Waals surface area contributed by atoms with Gasteiger partial charge in [-0.15, -0.1) is 0 Å². The first-order chi connectivity index (χ1) is 10.8. The quantitative estimate of drug-likeness (QED) is 0.808. The molecule has 1 aromatic carbocycles. The van der Waals surface area contributed by atoms with Crippen molar-refractivity contribution >= 4 is 10.0 Å². The number of benzene rings is 1. The Kier molecular flexibility index (Phi) is 5.46. The van der Waals surface area contributed by atoms with Crippen LogP contribution in [0.4, 0.5) is 0 Å². The summed E-state index contributed by atoms with van der Waals surface area (Å²) >= 11 is 0. The maximum absolute atomic E-state index is 12.5. The molecule has 2 N–H and O–H groups in total. The first-order valence-corrected chi connectivity index (χ1v) is 8.68. The lowest BCUT2D eigenvalue weighted by Crippen LogP contribution is -2.26. The SMILES string of the molecule is COc1cc(C)c(C)cc1S(=O)(=O)NCC[C@H](O)c1ccoc1. The van der Waals surface area contributed by atoms with Crippen molar-refractivity contribution in [3.63, 3.8) is 0 Å². The summed E-state index contributed by atoms with van der Waals surface area (Å²) in [5, 5.41) is 9.94. The van der Waals surface area contributed by atoms with Crippen molar-refractivity contribution in [1.29, 1.82) is 0 Å². The lowest BCUT2D eigenvalue weighted by atomic mass is 10.1. The average molecular weight is 339 g/mol. The number of nitrogens with one attached hydrogen (secondary N) is 1. The molecule has 0 fully saturated rings. The Labute approximate surface area is 136 Å². The molecule has 2 rings (SSSR count). The van der Waals surface area contributed by atoms with Crippen molar-refractivity contribution < 1.29 is 22.7 Å². The Balaban J connectivity index is 2.09. The summed E-state index contributed by atoms with van der Waals surface area (Å²) < 4.78 is 37.5. The van der Waals surface area contributed by atoms with E-state index < -0.39 is 16.1 Å². The van der Waals surface area contributed by atoms with Gasteiger partial charge in [-0.05, 0) is 49.6 Å². The third-order valence-electron chi connectivity index (χ3n) is 3.71. The van der Waals surface area contributed by atoms with Gasteiger partial charge in [-0.25, -0.2) is 13.1 Å². The minimum Gasteiger partial charge on any atom is -0.495 e. The van der Waals surface area contributed by atoms with Crippen LogP contribution in [0.15, 0.2) is 40.0 Å². The molecule has 2 aromatic rings. The van der Waals surface area contributed by atoms with E-state index in [2.05, 4.69) is 4.72 Å². The highest BCUT2D eigenvalue weighted by molar-refractivity contribution is 7.89. The lowest BCUT2D eigenvalue weighted by molar-refractivity contribution is 0.168. The second kappa shape index (κ2) is 7.16. The van der Waals surface area contributed by atoms with Crippen LogP contribution in [0.3, 0.4) is 0 Å².